The van der Waals surface area contributed by atoms with Gasteiger partial charge in [-0.25, -0.2) is 0 Å². The van der Waals surface area contributed by atoms with Crippen LogP contribution in [-0.4, -0.2) is 12.4 Å². The third kappa shape index (κ3) is 6.52. The van der Waals surface area contributed by atoms with Crippen molar-refractivity contribution >= 4 is 34.8 Å². The second-order valence-electron chi connectivity index (χ2n) is 4.02. The van der Waals surface area contributed by atoms with Crippen molar-refractivity contribution in [1.29, 1.82) is 0 Å². The van der Waals surface area contributed by atoms with Crippen LogP contribution in [0.25, 0.3) is 0 Å². The van der Waals surface area contributed by atoms with Gasteiger partial charge < -0.3 is 5.32 Å². The minimum absolute atomic E-state index is 0.730. The Morgan fingerprint density at radius 1 is 1.00 bits per heavy atom. The maximum atomic E-state index is 6.06. The number of rotatable bonds is 8. The van der Waals surface area contributed by atoms with E-state index in [4.69, 9.17) is 34.8 Å². The molecule has 0 aliphatic rings. The van der Waals surface area contributed by atoms with Gasteiger partial charge in [-0.15, -0.1) is 11.6 Å². The summed E-state index contributed by atoms with van der Waals surface area (Å²) in [6.45, 7) is 1.78. The summed E-state index contributed by atoms with van der Waals surface area (Å²) in [6.07, 6.45) is 4.73. The first-order valence-electron chi connectivity index (χ1n) is 5.94. The van der Waals surface area contributed by atoms with Gasteiger partial charge in [0, 0.05) is 22.5 Å². The Labute approximate surface area is 118 Å². The Bertz CT molecular complexity index is 328. The number of unbranched alkanes of at least 4 members (excludes halogenated alkanes) is 3. The zero-order valence-electron chi connectivity index (χ0n) is 9.82. The second kappa shape index (κ2) is 9.04. The SMILES string of the molecule is ClCCCCCCNCc1cc(Cl)ccc1Cl. The summed E-state index contributed by atoms with van der Waals surface area (Å²) < 4.78 is 0. The molecule has 0 aliphatic heterocycles. The number of hydrogen-bond donors (Lipinski definition) is 1. The average Bonchev–Trinajstić information content (AvgIpc) is 2.32. The lowest BCUT2D eigenvalue weighted by Gasteiger charge is -2.07. The van der Waals surface area contributed by atoms with E-state index in [1.807, 2.05) is 12.1 Å². The number of alkyl halides is 1. The van der Waals surface area contributed by atoms with Crippen LogP contribution in [0.15, 0.2) is 18.2 Å². The molecule has 0 aliphatic carbocycles. The van der Waals surface area contributed by atoms with E-state index >= 15 is 0 Å². The monoisotopic (exact) mass is 293 g/mol. The highest BCUT2D eigenvalue weighted by atomic mass is 35.5. The molecule has 1 aromatic rings. The fourth-order valence-electron chi connectivity index (χ4n) is 1.60. The molecule has 1 N–H and O–H groups in total. The molecule has 96 valence electrons. The van der Waals surface area contributed by atoms with Crippen LogP contribution < -0.4 is 5.32 Å². The summed E-state index contributed by atoms with van der Waals surface area (Å²) in [5.41, 5.74) is 1.06. The van der Waals surface area contributed by atoms with Gasteiger partial charge in [0.1, 0.15) is 0 Å². The van der Waals surface area contributed by atoms with Crippen molar-refractivity contribution in [2.45, 2.75) is 32.2 Å². The van der Waals surface area contributed by atoms with Gasteiger partial charge in [-0.05, 0) is 43.1 Å². The quantitative estimate of drug-likeness (QED) is 0.532. The second-order valence-corrected chi connectivity index (χ2v) is 5.24. The average molecular weight is 295 g/mol. The molecule has 0 fully saturated rings. The zero-order valence-corrected chi connectivity index (χ0v) is 12.1. The molecule has 17 heavy (non-hydrogen) atoms. The molecule has 0 saturated carbocycles. The van der Waals surface area contributed by atoms with Crippen LogP contribution in [-0.2, 0) is 6.54 Å². The maximum absolute atomic E-state index is 6.06. The fourth-order valence-corrected chi connectivity index (χ4v) is 2.17. The van der Waals surface area contributed by atoms with Gasteiger partial charge >= 0.3 is 0 Å². The summed E-state index contributed by atoms with van der Waals surface area (Å²) in [5.74, 6) is 0.769. The number of nitrogens with one attached hydrogen (secondary N) is 1. The molecule has 1 nitrogen and oxygen atoms in total. The maximum Gasteiger partial charge on any atom is 0.0451 e. The fraction of sp³-hybridized carbons (Fsp3) is 0.538. The summed E-state index contributed by atoms with van der Waals surface area (Å²) in [6, 6.07) is 5.55. The number of hydrogen-bond acceptors (Lipinski definition) is 1. The first-order chi connectivity index (χ1) is 8.24. The Hall–Kier alpha value is 0.0500. The third-order valence-electron chi connectivity index (χ3n) is 2.56. The van der Waals surface area contributed by atoms with Crippen molar-refractivity contribution < 1.29 is 0 Å². The molecule has 0 aromatic heterocycles. The minimum atomic E-state index is 0.730. The Morgan fingerprint density at radius 2 is 1.76 bits per heavy atom. The van der Waals surface area contributed by atoms with Crippen LogP contribution in [0.4, 0.5) is 0 Å². The smallest absolute Gasteiger partial charge is 0.0451 e. The molecule has 0 heterocycles. The largest absolute Gasteiger partial charge is 0.313 e. The predicted octanol–water partition coefficient (Wildman–Crippen LogP) is 4.88. The first-order valence-corrected chi connectivity index (χ1v) is 7.23. The number of benzene rings is 1. The standard InChI is InChI=1S/C13H18Cl3N/c14-7-3-1-2-4-8-17-10-11-9-12(15)5-6-13(11)16/h5-6,9,17H,1-4,7-8,10H2. The van der Waals surface area contributed by atoms with Crippen molar-refractivity contribution in [3.63, 3.8) is 0 Å². The molecule has 0 unspecified atom stereocenters. The van der Waals surface area contributed by atoms with Crippen molar-refractivity contribution in [2.75, 3.05) is 12.4 Å². The van der Waals surface area contributed by atoms with Gasteiger partial charge in [0.25, 0.3) is 0 Å². The van der Waals surface area contributed by atoms with Crippen LogP contribution in [0.3, 0.4) is 0 Å². The van der Waals surface area contributed by atoms with Crippen LogP contribution in [0.2, 0.25) is 10.0 Å². The van der Waals surface area contributed by atoms with E-state index in [0.29, 0.717) is 0 Å². The molecule has 0 atom stereocenters. The minimum Gasteiger partial charge on any atom is -0.313 e. The molecular formula is C13H18Cl3N. The predicted molar refractivity (Wildman–Crippen MR) is 77.4 cm³/mol. The van der Waals surface area contributed by atoms with Crippen LogP contribution in [0, 0.1) is 0 Å². The molecule has 1 aromatic carbocycles. The molecule has 0 amide bonds. The van der Waals surface area contributed by atoms with E-state index in [-0.39, 0.29) is 0 Å². The van der Waals surface area contributed by atoms with Gasteiger partial charge in [-0.1, -0.05) is 36.0 Å². The van der Waals surface area contributed by atoms with E-state index in [0.717, 1.165) is 41.0 Å². The third-order valence-corrected chi connectivity index (χ3v) is 3.43. The van der Waals surface area contributed by atoms with Crippen molar-refractivity contribution in [1.82, 2.24) is 5.32 Å². The summed E-state index contributed by atoms with van der Waals surface area (Å²) >= 11 is 17.6. The Morgan fingerprint density at radius 3 is 2.53 bits per heavy atom. The van der Waals surface area contributed by atoms with E-state index < -0.39 is 0 Å². The zero-order chi connectivity index (χ0) is 12.5. The normalized spacial score (nSPS) is 10.8. The van der Waals surface area contributed by atoms with Gasteiger partial charge in [0.15, 0.2) is 0 Å². The lowest BCUT2D eigenvalue weighted by molar-refractivity contribution is 0.599. The molecule has 0 radical (unpaired) electrons. The van der Waals surface area contributed by atoms with Gasteiger partial charge in [-0.3, -0.25) is 0 Å². The van der Waals surface area contributed by atoms with E-state index in [1.165, 1.54) is 19.3 Å². The van der Waals surface area contributed by atoms with Crippen molar-refractivity contribution in [3.8, 4) is 0 Å². The Kier molecular flexibility index (Phi) is 8.04. The van der Waals surface area contributed by atoms with Crippen LogP contribution in [0.5, 0.6) is 0 Å². The molecule has 0 bridgehead atoms. The van der Waals surface area contributed by atoms with E-state index in [1.54, 1.807) is 6.07 Å². The topological polar surface area (TPSA) is 12.0 Å². The van der Waals surface area contributed by atoms with Crippen LogP contribution >= 0.6 is 34.8 Å². The van der Waals surface area contributed by atoms with Gasteiger partial charge in [0.2, 0.25) is 0 Å². The molecule has 0 spiro atoms. The highest BCUT2D eigenvalue weighted by Crippen LogP contribution is 2.20. The lowest BCUT2D eigenvalue weighted by Crippen LogP contribution is -2.14. The van der Waals surface area contributed by atoms with E-state index in [9.17, 15) is 0 Å². The lowest BCUT2D eigenvalue weighted by atomic mass is 10.2. The summed E-state index contributed by atoms with van der Waals surface area (Å²) in [4.78, 5) is 0. The van der Waals surface area contributed by atoms with Crippen molar-refractivity contribution in [3.05, 3.63) is 33.8 Å². The molecular weight excluding hydrogens is 277 g/mol. The summed E-state index contributed by atoms with van der Waals surface area (Å²) in [7, 11) is 0. The first kappa shape index (κ1) is 15.1. The molecule has 0 saturated heterocycles. The van der Waals surface area contributed by atoms with E-state index in [2.05, 4.69) is 5.32 Å². The molecule has 1 rings (SSSR count). The molecule has 4 heteroatoms. The Balaban J connectivity index is 2.15. The van der Waals surface area contributed by atoms with Crippen molar-refractivity contribution in [2.24, 2.45) is 0 Å². The highest BCUT2D eigenvalue weighted by molar-refractivity contribution is 6.33. The summed E-state index contributed by atoms with van der Waals surface area (Å²) in [5, 5.41) is 4.87. The van der Waals surface area contributed by atoms with Gasteiger partial charge in [-0.2, -0.15) is 0 Å². The van der Waals surface area contributed by atoms with Gasteiger partial charge in [0.05, 0.1) is 0 Å². The van der Waals surface area contributed by atoms with Crippen LogP contribution in [0.1, 0.15) is 31.2 Å². The highest BCUT2D eigenvalue weighted by Gasteiger charge is 2.00. The number of halogens is 3.